The van der Waals surface area contributed by atoms with Crippen LogP contribution in [0.4, 0.5) is 15.6 Å². The van der Waals surface area contributed by atoms with Gasteiger partial charge in [0.15, 0.2) is 5.13 Å². The molecule has 2 aromatic carbocycles. The number of rotatable bonds is 5. The molecule has 29 heavy (non-hydrogen) atoms. The van der Waals surface area contributed by atoms with E-state index in [0.717, 1.165) is 27.2 Å². The van der Waals surface area contributed by atoms with Crippen LogP contribution >= 0.6 is 11.3 Å². The molecule has 150 valence electrons. The zero-order valence-corrected chi connectivity index (χ0v) is 17.1. The molecule has 1 aliphatic rings. The quantitative estimate of drug-likeness (QED) is 0.668. The van der Waals surface area contributed by atoms with Gasteiger partial charge in [-0.3, -0.25) is 10.1 Å². The Morgan fingerprint density at radius 2 is 2.07 bits per heavy atom. The van der Waals surface area contributed by atoms with Crippen LogP contribution in [0.2, 0.25) is 0 Å². The molecule has 1 atom stereocenters. The Bertz CT molecular complexity index is 1050. The van der Waals surface area contributed by atoms with Gasteiger partial charge in [-0.05, 0) is 55.8 Å². The van der Waals surface area contributed by atoms with Gasteiger partial charge in [-0.25, -0.2) is 9.78 Å². The highest BCUT2D eigenvalue weighted by molar-refractivity contribution is 7.22. The van der Waals surface area contributed by atoms with Crippen molar-refractivity contribution in [3.05, 3.63) is 48.0 Å². The van der Waals surface area contributed by atoms with Crippen molar-refractivity contribution in [3.63, 3.8) is 0 Å². The number of hydrogen-bond donors (Lipinski definition) is 2. The number of nitrogens with one attached hydrogen (secondary N) is 2. The number of carbonyl (C=O) groups excluding carboxylic acids is 2. The molecule has 1 unspecified atom stereocenters. The highest BCUT2D eigenvalue weighted by Crippen LogP contribution is 2.27. The van der Waals surface area contributed by atoms with Gasteiger partial charge in [-0.15, -0.1) is 0 Å². The van der Waals surface area contributed by atoms with Crippen LogP contribution in [0, 0.1) is 6.92 Å². The van der Waals surface area contributed by atoms with E-state index >= 15 is 0 Å². The predicted octanol–water partition coefficient (Wildman–Crippen LogP) is 3.93. The Hall–Kier alpha value is -3.13. The highest BCUT2D eigenvalue weighted by atomic mass is 32.1. The highest BCUT2D eigenvalue weighted by Gasteiger charge is 2.31. The topological polar surface area (TPSA) is 83.6 Å². The van der Waals surface area contributed by atoms with E-state index in [2.05, 4.69) is 15.6 Å². The molecule has 1 saturated heterocycles. The van der Waals surface area contributed by atoms with Gasteiger partial charge >= 0.3 is 6.03 Å². The van der Waals surface area contributed by atoms with E-state index in [1.54, 1.807) is 4.90 Å². The number of benzene rings is 2. The first-order valence-electron chi connectivity index (χ1n) is 9.50. The van der Waals surface area contributed by atoms with Crippen molar-refractivity contribution >= 4 is 44.3 Å². The summed E-state index contributed by atoms with van der Waals surface area (Å²) in [4.78, 5) is 30.9. The van der Waals surface area contributed by atoms with Gasteiger partial charge < -0.3 is 15.0 Å². The molecule has 3 amide bonds. The van der Waals surface area contributed by atoms with Crippen molar-refractivity contribution < 1.29 is 14.3 Å². The number of aryl methyl sites for hydroxylation is 1. The number of aromatic nitrogens is 1. The van der Waals surface area contributed by atoms with Crippen LogP contribution in [0.15, 0.2) is 42.5 Å². The molecule has 1 fully saturated rings. The van der Waals surface area contributed by atoms with E-state index in [1.807, 2.05) is 56.3 Å². The molecule has 2 N–H and O–H groups in total. The number of hydrogen-bond acceptors (Lipinski definition) is 5. The van der Waals surface area contributed by atoms with Crippen molar-refractivity contribution in [2.24, 2.45) is 0 Å². The summed E-state index contributed by atoms with van der Waals surface area (Å²) >= 11 is 1.43. The molecule has 0 saturated carbocycles. The molecule has 2 heterocycles. The van der Waals surface area contributed by atoms with Crippen LogP contribution in [-0.2, 0) is 4.79 Å². The first-order valence-corrected chi connectivity index (χ1v) is 10.3. The zero-order valence-electron chi connectivity index (χ0n) is 16.3. The fourth-order valence-electron chi connectivity index (χ4n) is 3.35. The third-order valence-electron chi connectivity index (χ3n) is 4.68. The van der Waals surface area contributed by atoms with Crippen LogP contribution in [0.1, 0.15) is 18.9 Å². The fourth-order valence-corrected chi connectivity index (χ4v) is 4.31. The Kier molecular flexibility index (Phi) is 5.35. The second-order valence-electron chi connectivity index (χ2n) is 6.92. The second kappa shape index (κ2) is 8.08. The molecule has 4 rings (SSSR count). The molecule has 0 radical (unpaired) electrons. The number of anilines is 2. The summed E-state index contributed by atoms with van der Waals surface area (Å²) in [5.74, 6) is 0.748. The van der Waals surface area contributed by atoms with Crippen LogP contribution in [-0.4, -0.2) is 36.1 Å². The third-order valence-corrected chi connectivity index (χ3v) is 5.62. The maximum absolute atomic E-state index is 12.4. The van der Waals surface area contributed by atoms with Gasteiger partial charge in [-0.2, -0.15) is 0 Å². The number of nitrogens with zero attached hydrogens (tertiary/aromatic N) is 2. The monoisotopic (exact) mass is 410 g/mol. The van der Waals surface area contributed by atoms with Gasteiger partial charge in [0, 0.05) is 18.7 Å². The summed E-state index contributed by atoms with van der Waals surface area (Å²) in [6.07, 6.45) is 0.264. The molecule has 3 aromatic rings. The normalized spacial score (nSPS) is 16.3. The number of fused-ring (bicyclic) bond motifs is 1. The first-order chi connectivity index (χ1) is 14.0. The Labute approximate surface area is 172 Å². The maximum atomic E-state index is 12.4. The van der Waals surface area contributed by atoms with Gasteiger partial charge in [-0.1, -0.05) is 17.4 Å². The summed E-state index contributed by atoms with van der Waals surface area (Å²) in [6, 6.07) is 12.8. The minimum Gasteiger partial charge on any atom is -0.494 e. The number of ether oxygens (including phenoxy) is 1. The minimum atomic E-state index is -0.355. The summed E-state index contributed by atoms with van der Waals surface area (Å²) in [5, 5.41) is 6.19. The van der Waals surface area contributed by atoms with Crippen LogP contribution in [0.5, 0.6) is 5.75 Å². The third kappa shape index (κ3) is 4.32. The minimum absolute atomic E-state index is 0.0186. The van der Waals surface area contributed by atoms with E-state index in [1.165, 1.54) is 11.3 Å². The van der Waals surface area contributed by atoms with E-state index < -0.39 is 0 Å². The molecular weight excluding hydrogens is 388 g/mol. The summed E-state index contributed by atoms with van der Waals surface area (Å²) in [6.45, 7) is 4.97. The van der Waals surface area contributed by atoms with E-state index in [0.29, 0.717) is 18.3 Å². The van der Waals surface area contributed by atoms with Crippen molar-refractivity contribution in [1.82, 2.24) is 10.3 Å². The van der Waals surface area contributed by atoms with Crippen molar-refractivity contribution in [3.8, 4) is 5.75 Å². The summed E-state index contributed by atoms with van der Waals surface area (Å²) < 4.78 is 6.46. The molecule has 7 nitrogen and oxygen atoms in total. The van der Waals surface area contributed by atoms with Gasteiger partial charge in [0.25, 0.3) is 0 Å². The van der Waals surface area contributed by atoms with E-state index in [-0.39, 0.29) is 24.4 Å². The largest absolute Gasteiger partial charge is 0.494 e. The van der Waals surface area contributed by atoms with Gasteiger partial charge in [0.2, 0.25) is 5.91 Å². The maximum Gasteiger partial charge on any atom is 0.321 e. The first kappa shape index (κ1) is 19.2. The second-order valence-corrected chi connectivity index (χ2v) is 7.95. The fraction of sp³-hybridized carbons (Fsp3) is 0.286. The van der Waals surface area contributed by atoms with E-state index in [4.69, 9.17) is 4.74 Å². The van der Waals surface area contributed by atoms with Crippen molar-refractivity contribution in [2.45, 2.75) is 26.3 Å². The SMILES string of the molecule is CCOc1ccc(N2CC(NC(=O)Nc3nc4ccc(C)cc4s3)CC2=O)cc1. The lowest BCUT2D eigenvalue weighted by atomic mass is 10.2. The van der Waals surface area contributed by atoms with Crippen LogP contribution < -0.4 is 20.3 Å². The number of thiazole rings is 1. The van der Waals surface area contributed by atoms with Crippen molar-refractivity contribution in [1.29, 1.82) is 0 Å². The van der Waals surface area contributed by atoms with Gasteiger partial charge in [0.1, 0.15) is 5.75 Å². The van der Waals surface area contributed by atoms with Crippen molar-refractivity contribution in [2.75, 3.05) is 23.4 Å². The number of amides is 3. The Balaban J connectivity index is 1.36. The number of carbonyl (C=O) groups is 2. The molecule has 8 heteroatoms. The molecular formula is C21H22N4O3S. The molecule has 0 aliphatic carbocycles. The van der Waals surface area contributed by atoms with Crippen LogP contribution in [0.25, 0.3) is 10.2 Å². The number of urea groups is 1. The lowest BCUT2D eigenvalue weighted by Gasteiger charge is -2.17. The predicted molar refractivity (Wildman–Crippen MR) is 115 cm³/mol. The molecule has 1 aliphatic heterocycles. The summed E-state index contributed by atoms with van der Waals surface area (Å²) in [7, 11) is 0. The zero-order chi connectivity index (χ0) is 20.4. The molecule has 0 spiro atoms. The van der Waals surface area contributed by atoms with E-state index in [9.17, 15) is 9.59 Å². The lowest BCUT2D eigenvalue weighted by Crippen LogP contribution is -2.39. The smallest absolute Gasteiger partial charge is 0.321 e. The summed E-state index contributed by atoms with van der Waals surface area (Å²) in [5.41, 5.74) is 2.80. The van der Waals surface area contributed by atoms with Crippen LogP contribution in [0.3, 0.4) is 0 Å². The van der Waals surface area contributed by atoms with Gasteiger partial charge in [0.05, 0.1) is 22.9 Å². The lowest BCUT2D eigenvalue weighted by molar-refractivity contribution is -0.117. The average Bonchev–Trinajstić information content (AvgIpc) is 3.24. The standard InChI is InChI=1S/C21H22N4O3S/c1-3-28-16-7-5-15(6-8-16)25-12-14(11-19(25)26)22-20(27)24-21-23-17-9-4-13(2)10-18(17)29-21/h4-10,14H,3,11-12H2,1-2H3,(H2,22,23,24,27). The Morgan fingerprint density at radius 3 is 2.83 bits per heavy atom. The Morgan fingerprint density at radius 1 is 1.28 bits per heavy atom. The molecule has 1 aromatic heterocycles. The molecule has 0 bridgehead atoms. The average molecular weight is 410 g/mol.